The zero-order chi connectivity index (χ0) is 26.9. The summed E-state index contributed by atoms with van der Waals surface area (Å²) < 4.78 is 12.2. The number of ether oxygens (including phenoxy) is 2. The highest BCUT2D eigenvalue weighted by atomic mass is 16.6. The fourth-order valence-electron chi connectivity index (χ4n) is 6.27. The number of hydrogen-bond acceptors (Lipinski definition) is 3. The summed E-state index contributed by atoms with van der Waals surface area (Å²) in [5, 5.41) is 0. The van der Waals surface area contributed by atoms with Crippen molar-refractivity contribution in [3.63, 3.8) is 0 Å². The maximum absolute atomic E-state index is 13.5. The summed E-state index contributed by atoms with van der Waals surface area (Å²) in [4.78, 5) is 13.5. The first-order chi connectivity index (χ1) is 18.8. The third-order valence-corrected chi connectivity index (χ3v) is 8.72. The van der Waals surface area contributed by atoms with Crippen molar-refractivity contribution < 1.29 is 14.3 Å². The first-order valence-electron chi connectivity index (χ1n) is 16.8. The Bertz CT molecular complexity index is 610. The molecule has 3 unspecified atom stereocenters. The Balaban J connectivity index is 1.90. The van der Waals surface area contributed by atoms with E-state index in [1.54, 1.807) is 7.11 Å². The lowest BCUT2D eigenvalue weighted by Gasteiger charge is -2.27. The fourth-order valence-corrected chi connectivity index (χ4v) is 6.27. The summed E-state index contributed by atoms with van der Waals surface area (Å²) >= 11 is 0. The van der Waals surface area contributed by atoms with Gasteiger partial charge in [-0.2, -0.15) is 0 Å². The first-order valence-corrected chi connectivity index (χ1v) is 16.8. The number of esters is 1. The molecule has 0 aromatic carbocycles. The molecule has 2 rings (SSSR count). The molecule has 0 spiro atoms. The third kappa shape index (κ3) is 16.8. The molecule has 0 amide bonds. The Morgan fingerprint density at radius 3 is 1.26 bits per heavy atom. The molecule has 0 radical (unpaired) electrons. The van der Waals surface area contributed by atoms with Crippen LogP contribution in [0.3, 0.4) is 0 Å². The first kappa shape index (κ1) is 33.1. The van der Waals surface area contributed by atoms with Gasteiger partial charge in [-0.15, -0.1) is 0 Å². The Hall–Kier alpha value is -1.09. The summed E-state index contributed by atoms with van der Waals surface area (Å²) in [5.74, 6) is 0.209. The van der Waals surface area contributed by atoms with Crippen molar-refractivity contribution in [2.45, 2.75) is 179 Å². The van der Waals surface area contributed by atoms with E-state index in [-0.39, 0.29) is 12.1 Å². The average Bonchev–Trinajstić information content (AvgIpc) is 2.91. The van der Waals surface area contributed by atoms with Crippen LogP contribution < -0.4 is 0 Å². The SMILES string of the molecule is COC(C(=O)OC1CCCCCCC=CCCCCCCC1)C1CCCCCCC=CCCCCCCC1. The number of allylic oxidation sites excluding steroid dienone is 4. The van der Waals surface area contributed by atoms with Crippen molar-refractivity contribution in [1.82, 2.24) is 0 Å². The lowest BCUT2D eigenvalue weighted by atomic mass is 9.89. The molecule has 0 N–H and O–H groups in total. The van der Waals surface area contributed by atoms with Crippen molar-refractivity contribution in [1.29, 1.82) is 0 Å². The van der Waals surface area contributed by atoms with E-state index in [0.717, 1.165) is 32.1 Å². The van der Waals surface area contributed by atoms with Gasteiger partial charge in [0.25, 0.3) is 0 Å². The predicted molar refractivity (Wildman–Crippen MR) is 162 cm³/mol. The molecule has 0 saturated carbocycles. The Kier molecular flexibility index (Phi) is 20.7. The van der Waals surface area contributed by atoms with Crippen LogP contribution in [-0.2, 0) is 14.3 Å². The summed E-state index contributed by atoms with van der Waals surface area (Å²) in [5.41, 5.74) is 0. The normalized spacial score (nSPS) is 26.3. The second kappa shape index (κ2) is 23.8. The van der Waals surface area contributed by atoms with Gasteiger partial charge >= 0.3 is 5.97 Å². The highest BCUT2D eigenvalue weighted by molar-refractivity contribution is 5.75. The molecule has 0 saturated heterocycles. The second-order valence-electron chi connectivity index (χ2n) is 12.1. The van der Waals surface area contributed by atoms with E-state index in [4.69, 9.17) is 9.47 Å². The molecule has 3 nitrogen and oxygen atoms in total. The maximum atomic E-state index is 13.5. The molecule has 38 heavy (non-hydrogen) atoms. The lowest BCUT2D eigenvalue weighted by Crippen LogP contribution is -2.36. The zero-order valence-corrected chi connectivity index (χ0v) is 25.2. The molecule has 3 atom stereocenters. The van der Waals surface area contributed by atoms with Crippen molar-refractivity contribution in [2.24, 2.45) is 5.92 Å². The molecule has 2 aliphatic carbocycles. The minimum atomic E-state index is -0.399. The van der Waals surface area contributed by atoms with E-state index >= 15 is 0 Å². The second-order valence-corrected chi connectivity index (χ2v) is 12.1. The molecule has 0 bridgehead atoms. The molecule has 0 fully saturated rings. The number of carbonyl (C=O) groups excluding carboxylic acids is 1. The van der Waals surface area contributed by atoms with Gasteiger partial charge in [-0.1, -0.05) is 101 Å². The van der Waals surface area contributed by atoms with Crippen molar-refractivity contribution in [3.05, 3.63) is 24.3 Å². The van der Waals surface area contributed by atoms with Gasteiger partial charge in [0.05, 0.1) is 0 Å². The van der Waals surface area contributed by atoms with E-state index in [1.807, 2.05) is 0 Å². The highest BCUT2D eigenvalue weighted by Gasteiger charge is 2.30. The van der Waals surface area contributed by atoms with Crippen molar-refractivity contribution in [2.75, 3.05) is 7.11 Å². The van der Waals surface area contributed by atoms with Crippen LogP contribution in [0, 0.1) is 5.92 Å². The molecular weight excluding hydrogens is 468 g/mol. The average molecular weight is 531 g/mol. The molecule has 0 aromatic heterocycles. The van der Waals surface area contributed by atoms with Gasteiger partial charge in [-0.3, -0.25) is 0 Å². The highest BCUT2D eigenvalue weighted by Crippen LogP contribution is 2.26. The van der Waals surface area contributed by atoms with Crippen molar-refractivity contribution >= 4 is 5.97 Å². The molecule has 2 aliphatic rings. The molecule has 0 heterocycles. The van der Waals surface area contributed by atoms with Crippen LogP contribution in [-0.4, -0.2) is 25.3 Å². The van der Waals surface area contributed by atoms with E-state index < -0.39 is 6.10 Å². The van der Waals surface area contributed by atoms with Gasteiger partial charge in [0.2, 0.25) is 0 Å². The quantitative estimate of drug-likeness (QED) is 0.268. The molecule has 220 valence electrons. The van der Waals surface area contributed by atoms with Crippen LogP contribution in [0.1, 0.15) is 167 Å². The van der Waals surface area contributed by atoms with Gasteiger partial charge < -0.3 is 9.47 Å². The van der Waals surface area contributed by atoms with Crippen LogP contribution >= 0.6 is 0 Å². The van der Waals surface area contributed by atoms with Gasteiger partial charge in [0.1, 0.15) is 6.10 Å². The number of methoxy groups -OCH3 is 1. The maximum Gasteiger partial charge on any atom is 0.335 e. The standard InChI is InChI=1S/C35H62O3/c1-37-34(32-28-24-20-16-12-8-4-2-5-9-13-17-21-25-29-32)35(36)38-33-30-26-22-18-14-10-6-3-7-11-15-19-23-27-31-33/h2-4,6,32-34H,5,7-31H2,1H3. The lowest BCUT2D eigenvalue weighted by molar-refractivity contribution is -0.165. The van der Waals surface area contributed by atoms with Crippen molar-refractivity contribution in [3.8, 4) is 0 Å². The monoisotopic (exact) mass is 530 g/mol. The topological polar surface area (TPSA) is 35.5 Å². The van der Waals surface area contributed by atoms with Gasteiger partial charge in [-0.05, 0) is 95.8 Å². The van der Waals surface area contributed by atoms with E-state index in [9.17, 15) is 4.79 Å². The molecular formula is C35H62O3. The number of hydrogen-bond donors (Lipinski definition) is 0. The van der Waals surface area contributed by atoms with Gasteiger partial charge in [0, 0.05) is 7.11 Å². The van der Waals surface area contributed by atoms with Crippen LogP contribution in [0.5, 0.6) is 0 Å². The Morgan fingerprint density at radius 1 is 0.526 bits per heavy atom. The molecule has 0 aliphatic heterocycles. The smallest absolute Gasteiger partial charge is 0.335 e. The van der Waals surface area contributed by atoms with Crippen LogP contribution in [0.15, 0.2) is 24.3 Å². The summed E-state index contributed by atoms with van der Waals surface area (Å²) in [7, 11) is 1.73. The van der Waals surface area contributed by atoms with Gasteiger partial charge in [0.15, 0.2) is 6.10 Å². The Labute approximate surface area is 236 Å². The summed E-state index contributed by atoms with van der Waals surface area (Å²) in [6.45, 7) is 0. The Morgan fingerprint density at radius 2 is 0.868 bits per heavy atom. The van der Waals surface area contributed by atoms with Crippen LogP contribution in [0.2, 0.25) is 0 Å². The molecule has 3 heteroatoms. The predicted octanol–water partition coefficient (Wildman–Crippen LogP) is 10.8. The van der Waals surface area contributed by atoms with E-state index in [0.29, 0.717) is 5.92 Å². The molecule has 0 aromatic rings. The number of carbonyl (C=O) groups is 1. The van der Waals surface area contributed by atoms with Crippen LogP contribution in [0.4, 0.5) is 0 Å². The largest absolute Gasteiger partial charge is 0.460 e. The van der Waals surface area contributed by atoms with E-state index in [1.165, 1.54) is 135 Å². The third-order valence-electron chi connectivity index (χ3n) is 8.72. The van der Waals surface area contributed by atoms with E-state index in [2.05, 4.69) is 24.3 Å². The summed E-state index contributed by atoms with van der Waals surface area (Å²) in [6, 6.07) is 0. The van der Waals surface area contributed by atoms with Crippen LogP contribution in [0.25, 0.3) is 0 Å². The zero-order valence-electron chi connectivity index (χ0n) is 25.2. The minimum Gasteiger partial charge on any atom is -0.460 e. The van der Waals surface area contributed by atoms with Gasteiger partial charge in [-0.25, -0.2) is 4.79 Å². The summed E-state index contributed by atoms with van der Waals surface area (Å²) in [6.07, 6.45) is 41.1. The minimum absolute atomic E-state index is 0.0622. The fraction of sp³-hybridized carbons (Fsp3) is 0.857. The number of rotatable bonds is 4.